The molecule has 3 nitrogen and oxygen atoms in total. The third-order valence-corrected chi connectivity index (χ3v) is 2.41. The number of unbranched alkanes of at least 4 members (excludes halogenated alkanes) is 1. The molecule has 3 heteroatoms. The van der Waals surface area contributed by atoms with Gasteiger partial charge in [0.2, 0.25) is 0 Å². The Bertz CT molecular complexity index is 285. The summed E-state index contributed by atoms with van der Waals surface area (Å²) in [5.41, 5.74) is 1.15. The van der Waals surface area contributed by atoms with E-state index in [0.717, 1.165) is 24.6 Å². The van der Waals surface area contributed by atoms with Gasteiger partial charge < -0.3 is 14.8 Å². The van der Waals surface area contributed by atoms with E-state index in [9.17, 15) is 0 Å². The van der Waals surface area contributed by atoms with Crippen LogP contribution in [0.5, 0.6) is 5.75 Å². The highest BCUT2D eigenvalue weighted by molar-refractivity contribution is 5.46. The number of hydrogen-bond donors (Lipinski definition) is 1. The van der Waals surface area contributed by atoms with Crippen LogP contribution in [0.2, 0.25) is 0 Å². The van der Waals surface area contributed by atoms with Crippen LogP contribution in [-0.2, 0) is 4.74 Å². The van der Waals surface area contributed by atoms with E-state index in [2.05, 4.69) is 12.2 Å². The number of rotatable bonds is 9. The minimum absolute atomic E-state index is 0.608. The van der Waals surface area contributed by atoms with Crippen molar-refractivity contribution < 1.29 is 9.47 Å². The van der Waals surface area contributed by atoms with Crippen molar-refractivity contribution in [3.05, 3.63) is 24.3 Å². The quantitative estimate of drug-likeness (QED) is 0.668. The lowest BCUT2D eigenvalue weighted by molar-refractivity contribution is 0.110. The molecule has 0 heterocycles. The lowest BCUT2D eigenvalue weighted by Gasteiger charge is -2.08. The molecule has 0 amide bonds. The Morgan fingerprint density at radius 1 is 1.06 bits per heavy atom. The largest absolute Gasteiger partial charge is 0.491 e. The second-order valence-electron chi connectivity index (χ2n) is 3.85. The Labute approximate surface area is 104 Å². The van der Waals surface area contributed by atoms with Gasteiger partial charge in [-0.25, -0.2) is 0 Å². The molecule has 1 N–H and O–H groups in total. The average molecular weight is 237 g/mol. The first-order valence-electron chi connectivity index (χ1n) is 6.41. The Morgan fingerprint density at radius 3 is 2.47 bits per heavy atom. The van der Waals surface area contributed by atoms with Crippen molar-refractivity contribution in [1.29, 1.82) is 0 Å². The van der Waals surface area contributed by atoms with Gasteiger partial charge in [-0.3, -0.25) is 0 Å². The molecule has 96 valence electrons. The lowest BCUT2D eigenvalue weighted by atomic mass is 10.3. The molecule has 0 saturated carbocycles. The van der Waals surface area contributed by atoms with Gasteiger partial charge in [0.1, 0.15) is 12.4 Å². The first-order chi connectivity index (χ1) is 8.36. The Kier molecular flexibility index (Phi) is 7.23. The molecule has 0 aliphatic carbocycles. The van der Waals surface area contributed by atoms with Crippen molar-refractivity contribution in [2.75, 3.05) is 31.7 Å². The zero-order valence-electron chi connectivity index (χ0n) is 10.9. The van der Waals surface area contributed by atoms with Crippen molar-refractivity contribution >= 4 is 5.69 Å². The zero-order chi connectivity index (χ0) is 12.3. The molecule has 0 unspecified atom stereocenters. The van der Waals surface area contributed by atoms with Crippen molar-refractivity contribution in [3.8, 4) is 5.75 Å². The standard InChI is InChI=1S/C14H23NO2/c1-3-5-10-15-13-6-8-14(9-7-13)17-12-11-16-4-2/h6-9,15H,3-5,10-12H2,1-2H3. The zero-order valence-corrected chi connectivity index (χ0v) is 10.9. The number of benzene rings is 1. The second kappa shape index (κ2) is 8.88. The molecule has 0 aliphatic heterocycles. The van der Waals surface area contributed by atoms with Crippen LogP contribution in [0.15, 0.2) is 24.3 Å². The monoisotopic (exact) mass is 237 g/mol. The molecule has 0 aliphatic rings. The fraction of sp³-hybridized carbons (Fsp3) is 0.571. The van der Waals surface area contributed by atoms with Crippen LogP contribution in [-0.4, -0.2) is 26.4 Å². The van der Waals surface area contributed by atoms with E-state index < -0.39 is 0 Å². The summed E-state index contributed by atoms with van der Waals surface area (Å²) in [7, 11) is 0. The van der Waals surface area contributed by atoms with E-state index in [4.69, 9.17) is 9.47 Å². The van der Waals surface area contributed by atoms with Gasteiger partial charge >= 0.3 is 0 Å². The van der Waals surface area contributed by atoms with Crippen LogP contribution >= 0.6 is 0 Å². The van der Waals surface area contributed by atoms with Crippen LogP contribution in [0.4, 0.5) is 5.69 Å². The summed E-state index contributed by atoms with van der Waals surface area (Å²) in [5, 5.41) is 3.37. The van der Waals surface area contributed by atoms with E-state index in [-0.39, 0.29) is 0 Å². The molecule has 17 heavy (non-hydrogen) atoms. The van der Waals surface area contributed by atoms with Gasteiger partial charge in [-0.05, 0) is 37.6 Å². The maximum atomic E-state index is 5.54. The predicted molar refractivity (Wildman–Crippen MR) is 71.8 cm³/mol. The minimum atomic E-state index is 0.608. The smallest absolute Gasteiger partial charge is 0.119 e. The summed E-state index contributed by atoms with van der Waals surface area (Å²) >= 11 is 0. The minimum Gasteiger partial charge on any atom is -0.491 e. The van der Waals surface area contributed by atoms with Crippen LogP contribution in [0.1, 0.15) is 26.7 Å². The Morgan fingerprint density at radius 2 is 1.82 bits per heavy atom. The van der Waals surface area contributed by atoms with Crippen molar-refractivity contribution in [1.82, 2.24) is 0 Å². The molecular formula is C14H23NO2. The first kappa shape index (κ1) is 13.8. The van der Waals surface area contributed by atoms with E-state index >= 15 is 0 Å². The van der Waals surface area contributed by atoms with Gasteiger partial charge in [0.05, 0.1) is 6.61 Å². The molecule has 0 atom stereocenters. The highest BCUT2D eigenvalue weighted by Crippen LogP contribution is 2.15. The maximum absolute atomic E-state index is 5.54. The molecule has 1 rings (SSSR count). The van der Waals surface area contributed by atoms with Crippen molar-refractivity contribution in [3.63, 3.8) is 0 Å². The van der Waals surface area contributed by atoms with Gasteiger partial charge in [-0.2, -0.15) is 0 Å². The third kappa shape index (κ3) is 6.17. The van der Waals surface area contributed by atoms with Crippen LogP contribution in [0, 0.1) is 0 Å². The molecule has 0 aromatic heterocycles. The number of nitrogens with one attached hydrogen (secondary N) is 1. The fourth-order valence-electron chi connectivity index (χ4n) is 1.44. The number of anilines is 1. The van der Waals surface area contributed by atoms with Crippen LogP contribution in [0.25, 0.3) is 0 Å². The molecule has 0 bridgehead atoms. The summed E-state index contributed by atoms with van der Waals surface area (Å²) < 4.78 is 10.7. The second-order valence-corrected chi connectivity index (χ2v) is 3.85. The Balaban J connectivity index is 2.24. The molecule has 1 aromatic carbocycles. The normalized spacial score (nSPS) is 10.2. The van der Waals surface area contributed by atoms with Gasteiger partial charge in [0.25, 0.3) is 0 Å². The highest BCUT2D eigenvalue weighted by Gasteiger charge is 1.95. The van der Waals surface area contributed by atoms with Gasteiger partial charge in [-0.15, -0.1) is 0 Å². The van der Waals surface area contributed by atoms with E-state index in [1.807, 2.05) is 31.2 Å². The molecule has 0 radical (unpaired) electrons. The van der Waals surface area contributed by atoms with Crippen molar-refractivity contribution in [2.24, 2.45) is 0 Å². The lowest BCUT2D eigenvalue weighted by Crippen LogP contribution is -2.06. The van der Waals surface area contributed by atoms with Crippen LogP contribution in [0.3, 0.4) is 0 Å². The SMILES string of the molecule is CCCCNc1ccc(OCCOCC)cc1. The van der Waals surface area contributed by atoms with E-state index in [1.165, 1.54) is 12.8 Å². The van der Waals surface area contributed by atoms with Crippen LogP contribution < -0.4 is 10.1 Å². The summed E-state index contributed by atoms with van der Waals surface area (Å²) in [6.07, 6.45) is 2.41. The maximum Gasteiger partial charge on any atom is 0.119 e. The molecular weight excluding hydrogens is 214 g/mol. The molecule has 1 aromatic rings. The Hall–Kier alpha value is -1.22. The topological polar surface area (TPSA) is 30.5 Å². The molecule has 0 saturated heterocycles. The van der Waals surface area contributed by atoms with E-state index in [0.29, 0.717) is 13.2 Å². The fourth-order valence-corrected chi connectivity index (χ4v) is 1.44. The van der Waals surface area contributed by atoms with Gasteiger partial charge in [0, 0.05) is 18.8 Å². The number of ether oxygens (including phenoxy) is 2. The van der Waals surface area contributed by atoms with Crippen molar-refractivity contribution in [2.45, 2.75) is 26.7 Å². The van der Waals surface area contributed by atoms with Gasteiger partial charge in [0.15, 0.2) is 0 Å². The summed E-state index contributed by atoms with van der Waals surface area (Å²) in [6.45, 7) is 7.20. The molecule has 0 fully saturated rings. The number of hydrogen-bond acceptors (Lipinski definition) is 3. The summed E-state index contributed by atoms with van der Waals surface area (Å²) in [4.78, 5) is 0. The summed E-state index contributed by atoms with van der Waals surface area (Å²) in [5.74, 6) is 0.894. The molecule has 0 spiro atoms. The van der Waals surface area contributed by atoms with E-state index in [1.54, 1.807) is 0 Å². The highest BCUT2D eigenvalue weighted by atomic mass is 16.5. The average Bonchev–Trinajstić information content (AvgIpc) is 2.37. The third-order valence-electron chi connectivity index (χ3n) is 2.41. The predicted octanol–water partition coefficient (Wildman–Crippen LogP) is 3.31. The summed E-state index contributed by atoms with van der Waals surface area (Å²) in [6, 6.07) is 8.07. The van der Waals surface area contributed by atoms with Gasteiger partial charge in [-0.1, -0.05) is 13.3 Å². The first-order valence-corrected chi connectivity index (χ1v) is 6.41.